The molecule has 0 spiro atoms. The molecule has 0 bridgehead atoms. The summed E-state index contributed by atoms with van der Waals surface area (Å²) in [5.74, 6) is -0.601. The van der Waals surface area contributed by atoms with E-state index in [1.54, 1.807) is 23.8 Å². The van der Waals surface area contributed by atoms with Crippen LogP contribution in [-0.2, 0) is 11.2 Å². The Hall–Kier alpha value is -2.93. The van der Waals surface area contributed by atoms with Crippen LogP contribution in [0.3, 0.4) is 0 Å². The molecule has 7 heteroatoms. The predicted molar refractivity (Wildman–Crippen MR) is 117 cm³/mol. The molecule has 1 aliphatic heterocycles. The maximum absolute atomic E-state index is 13.4. The van der Waals surface area contributed by atoms with Gasteiger partial charge in [0.25, 0.3) is 11.5 Å². The molecular weight excluding hydrogens is 394 g/mol. The summed E-state index contributed by atoms with van der Waals surface area (Å²) in [6.45, 7) is 2.07. The topological polar surface area (TPSA) is 91.6 Å². The lowest BCUT2D eigenvalue weighted by Crippen LogP contribution is -2.57. The first kappa shape index (κ1) is 21.3. The molecular formula is C24H29N3O4. The fourth-order valence-electron chi connectivity index (χ4n) is 4.67. The van der Waals surface area contributed by atoms with Crippen molar-refractivity contribution in [2.24, 2.45) is 0 Å². The molecule has 1 aromatic carbocycles. The van der Waals surface area contributed by atoms with Crippen LogP contribution in [0.4, 0.5) is 0 Å². The van der Waals surface area contributed by atoms with Gasteiger partial charge in [0.2, 0.25) is 5.91 Å². The number of carbonyl (C=O) groups is 2. The van der Waals surface area contributed by atoms with Gasteiger partial charge >= 0.3 is 0 Å². The molecule has 7 nitrogen and oxygen atoms in total. The Kier molecular flexibility index (Phi) is 6.23. The van der Waals surface area contributed by atoms with Crippen LogP contribution in [-0.4, -0.2) is 51.6 Å². The second-order valence-electron chi connectivity index (χ2n) is 8.69. The zero-order valence-electron chi connectivity index (χ0n) is 17.8. The van der Waals surface area contributed by atoms with Gasteiger partial charge in [-0.2, -0.15) is 0 Å². The van der Waals surface area contributed by atoms with Crippen LogP contribution in [0.5, 0.6) is 0 Å². The van der Waals surface area contributed by atoms with Crippen molar-refractivity contribution in [1.29, 1.82) is 0 Å². The minimum absolute atomic E-state index is 0.0152. The average Bonchev–Trinajstić information content (AvgIpc) is 2.75. The molecule has 0 radical (unpaired) electrons. The lowest BCUT2D eigenvalue weighted by molar-refractivity contribution is -0.124. The molecule has 4 rings (SSSR count). The molecule has 1 saturated carbocycles. The van der Waals surface area contributed by atoms with E-state index in [1.165, 1.54) is 4.90 Å². The number of carbonyl (C=O) groups excluding carboxylic acids is 2. The van der Waals surface area contributed by atoms with E-state index < -0.39 is 0 Å². The van der Waals surface area contributed by atoms with Crippen LogP contribution in [0, 0.1) is 6.92 Å². The van der Waals surface area contributed by atoms with E-state index in [0.717, 1.165) is 5.56 Å². The maximum atomic E-state index is 13.4. The number of hydrogen-bond acceptors (Lipinski definition) is 4. The number of piperazine rings is 1. The molecule has 2 N–H and O–H groups in total. The van der Waals surface area contributed by atoms with Crippen molar-refractivity contribution in [2.75, 3.05) is 13.1 Å². The van der Waals surface area contributed by atoms with Crippen LogP contribution in [0.25, 0.3) is 0 Å². The fraction of sp³-hybridized carbons (Fsp3) is 0.458. The fourth-order valence-corrected chi connectivity index (χ4v) is 4.67. The molecule has 2 amide bonds. The molecule has 0 unspecified atom stereocenters. The normalized spacial score (nSPS) is 24.0. The Morgan fingerprint density at radius 1 is 1.10 bits per heavy atom. The Labute approximate surface area is 181 Å². The quantitative estimate of drug-likeness (QED) is 0.785. The number of benzene rings is 1. The number of pyridine rings is 1. The number of nitrogens with zero attached hydrogens (tertiary/aromatic N) is 2. The first-order valence-electron chi connectivity index (χ1n) is 10.9. The molecule has 2 heterocycles. The third kappa shape index (κ3) is 4.71. The SMILES string of the molecule is Cc1ccn(C2CCC(O)CC2)c(=O)c1C(=O)N1CC(=O)N[C@@H](Cc2ccccc2)C1. The van der Waals surface area contributed by atoms with Crippen molar-refractivity contribution < 1.29 is 14.7 Å². The molecule has 2 aliphatic rings. The van der Waals surface area contributed by atoms with Gasteiger partial charge in [-0.3, -0.25) is 14.4 Å². The van der Waals surface area contributed by atoms with E-state index in [2.05, 4.69) is 5.32 Å². The highest BCUT2D eigenvalue weighted by Crippen LogP contribution is 2.27. The van der Waals surface area contributed by atoms with Crippen molar-refractivity contribution >= 4 is 11.8 Å². The van der Waals surface area contributed by atoms with Gasteiger partial charge < -0.3 is 19.9 Å². The summed E-state index contributed by atoms with van der Waals surface area (Å²) < 4.78 is 1.64. The second kappa shape index (κ2) is 9.06. The number of aromatic nitrogens is 1. The summed E-state index contributed by atoms with van der Waals surface area (Å²) >= 11 is 0. The molecule has 31 heavy (non-hydrogen) atoms. The van der Waals surface area contributed by atoms with Crippen LogP contribution in [0.2, 0.25) is 0 Å². The average molecular weight is 424 g/mol. The highest BCUT2D eigenvalue weighted by atomic mass is 16.3. The van der Waals surface area contributed by atoms with Crippen LogP contribution in [0.15, 0.2) is 47.4 Å². The first-order valence-corrected chi connectivity index (χ1v) is 10.9. The Balaban J connectivity index is 1.56. The Morgan fingerprint density at radius 2 is 1.81 bits per heavy atom. The lowest BCUT2D eigenvalue weighted by Gasteiger charge is -2.33. The second-order valence-corrected chi connectivity index (χ2v) is 8.69. The van der Waals surface area contributed by atoms with Gasteiger partial charge in [-0.15, -0.1) is 0 Å². The first-order chi connectivity index (χ1) is 14.9. The van der Waals surface area contributed by atoms with Gasteiger partial charge in [0, 0.05) is 18.8 Å². The summed E-state index contributed by atoms with van der Waals surface area (Å²) in [6.07, 6.45) is 4.79. The summed E-state index contributed by atoms with van der Waals surface area (Å²) in [5.41, 5.74) is 1.53. The molecule has 1 atom stereocenters. The number of aryl methyl sites for hydroxylation is 1. The number of aliphatic hydroxyl groups excluding tert-OH is 1. The van der Waals surface area contributed by atoms with Crippen LogP contribution in [0.1, 0.15) is 53.2 Å². The molecule has 164 valence electrons. The van der Waals surface area contributed by atoms with E-state index in [-0.39, 0.29) is 47.7 Å². The largest absolute Gasteiger partial charge is 0.393 e. The van der Waals surface area contributed by atoms with Crippen molar-refractivity contribution in [3.8, 4) is 0 Å². The summed E-state index contributed by atoms with van der Waals surface area (Å²) in [7, 11) is 0. The van der Waals surface area contributed by atoms with E-state index >= 15 is 0 Å². The standard InChI is InChI=1S/C24H29N3O4/c1-16-11-12-27(19-7-9-20(28)10-8-19)24(31)22(16)23(30)26-14-18(25-21(29)15-26)13-17-5-3-2-4-6-17/h2-6,11-12,18-20,28H,7-10,13-15H2,1H3,(H,25,29)/t18-,19?,20?/m0/s1. The minimum atomic E-state index is -0.388. The van der Waals surface area contributed by atoms with Gasteiger partial charge in [-0.05, 0) is 56.2 Å². The maximum Gasteiger partial charge on any atom is 0.263 e. The van der Waals surface area contributed by atoms with Gasteiger partial charge in [-0.25, -0.2) is 0 Å². The Bertz CT molecular complexity index is 1010. The molecule has 1 saturated heterocycles. The number of aliphatic hydroxyl groups is 1. The smallest absolute Gasteiger partial charge is 0.263 e. The minimum Gasteiger partial charge on any atom is -0.393 e. The van der Waals surface area contributed by atoms with Gasteiger partial charge in [0.05, 0.1) is 18.7 Å². The highest BCUT2D eigenvalue weighted by Gasteiger charge is 2.31. The zero-order valence-corrected chi connectivity index (χ0v) is 17.8. The molecule has 2 fully saturated rings. The van der Waals surface area contributed by atoms with E-state index in [9.17, 15) is 19.5 Å². The lowest BCUT2D eigenvalue weighted by atomic mass is 9.92. The number of hydrogen-bond donors (Lipinski definition) is 2. The van der Waals surface area contributed by atoms with Crippen molar-refractivity contribution in [1.82, 2.24) is 14.8 Å². The molecule has 2 aromatic rings. The zero-order chi connectivity index (χ0) is 22.0. The van der Waals surface area contributed by atoms with E-state index in [1.807, 2.05) is 30.3 Å². The summed E-state index contributed by atoms with van der Waals surface area (Å²) in [5, 5.41) is 12.7. The third-order valence-electron chi connectivity index (χ3n) is 6.35. The van der Waals surface area contributed by atoms with Crippen molar-refractivity contribution in [2.45, 2.75) is 57.2 Å². The molecule has 1 aliphatic carbocycles. The van der Waals surface area contributed by atoms with E-state index in [4.69, 9.17) is 0 Å². The number of amides is 2. The third-order valence-corrected chi connectivity index (χ3v) is 6.35. The molecule has 1 aromatic heterocycles. The van der Waals surface area contributed by atoms with Crippen LogP contribution >= 0.6 is 0 Å². The monoisotopic (exact) mass is 423 g/mol. The number of rotatable bonds is 4. The highest BCUT2D eigenvalue weighted by molar-refractivity contribution is 5.98. The predicted octanol–water partition coefficient (Wildman–Crippen LogP) is 1.82. The number of nitrogens with one attached hydrogen (secondary N) is 1. The van der Waals surface area contributed by atoms with Crippen molar-refractivity contribution in [3.63, 3.8) is 0 Å². The van der Waals surface area contributed by atoms with E-state index in [0.29, 0.717) is 44.2 Å². The van der Waals surface area contributed by atoms with Gasteiger partial charge in [-0.1, -0.05) is 30.3 Å². The van der Waals surface area contributed by atoms with Gasteiger partial charge in [0.1, 0.15) is 5.56 Å². The summed E-state index contributed by atoms with van der Waals surface area (Å²) in [4.78, 5) is 40.4. The van der Waals surface area contributed by atoms with Crippen molar-refractivity contribution in [3.05, 3.63) is 69.6 Å². The Morgan fingerprint density at radius 3 is 2.52 bits per heavy atom. The summed E-state index contributed by atoms with van der Waals surface area (Å²) in [6, 6.07) is 11.4. The van der Waals surface area contributed by atoms with Crippen LogP contribution < -0.4 is 10.9 Å². The van der Waals surface area contributed by atoms with Gasteiger partial charge in [0.15, 0.2) is 0 Å².